The van der Waals surface area contributed by atoms with Crippen molar-refractivity contribution >= 4 is 34.1 Å². The Balaban J connectivity index is 1.36. The molecule has 3 aromatic carbocycles. The number of anilines is 1. The quantitative estimate of drug-likeness (QED) is 0.357. The van der Waals surface area contributed by atoms with E-state index in [1.165, 1.54) is 0 Å². The molecule has 1 aromatic heterocycles. The predicted molar refractivity (Wildman–Crippen MR) is 161 cm³/mol. The summed E-state index contributed by atoms with van der Waals surface area (Å²) in [6.45, 7) is 7.27. The van der Waals surface area contributed by atoms with Crippen LogP contribution >= 0.6 is 11.6 Å². The molecule has 0 atom stereocenters. The van der Waals surface area contributed by atoms with Crippen molar-refractivity contribution in [1.29, 1.82) is 0 Å². The number of nitrogens with one attached hydrogen (secondary N) is 1. The van der Waals surface area contributed by atoms with Gasteiger partial charge in [0.1, 0.15) is 5.56 Å². The van der Waals surface area contributed by atoms with Crippen LogP contribution in [0.4, 0.5) is 5.69 Å². The van der Waals surface area contributed by atoms with Gasteiger partial charge in [-0.2, -0.15) is 0 Å². The Kier molecular flexibility index (Phi) is 8.34. The second kappa shape index (κ2) is 12.4. The molecule has 41 heavy (non-hydrogen) atoms. The highest BCUT2D eigenvalue weighted by Crippen LogP contribution is 2.23. The predicted octanol–water partition coefficient (Wildman–Crippen LogP) is 4.24. The van der Waals surface area contributed by atoms with Crippen LogP contribution < -0.4 is 15.6 Å². The molecule has 2 aliphatic rings. The van der Waals surface area contributed by atoms with Gasteiger partial charge in [-0.25, -0.2) is 0 Å². The highest BCUT2D eigenvalue weighted by atomic mass is 35.5. The third-order valence-corrected chi connectivity index (χ3v) is 7.94. The number of benzene rings is 3. The van der Waals surface area contributed by atoms with E-state index in [0.29, 0.717) is 43.4 Å². The molecular formula is C32H33ClN4O4. The molecule has 2 saturated heterocycles. The van der Waals surface area contributed by atoms with Crippen LogP contribution in [0.5, 0.6) is 0 Å². The average Bonchev–Trinajstić information content (AvgIpc) is 3.02. The summed E-state index contributed by atoms with van der Waals surface area (Å²) < 4.78 is 12.9. The van der Waals surface area contributed by atoms with Crippen molar-refractivity contribution in [2.24, 2.45) is 0 Å². The smallest absolute Gasteiger partial charge is 0.257 e. The van der Waals surface area contributed by atoms with Gasteiger partial charge in [0.2, 0.25) is 5.43 Å². The summed E-state index contributed by atoms with van der Waals surface area (Å²) in [5, 5.41) is 4.07. The van der Waals surface area contributed by atoms with Gasteiger partial charge in [0.05, 0.1) is 31.9 Å². The Bertz CT molecular complexity index is 1570. The number of nitrogens with zero attached hydrogens (tertiary/aromatic N) is 3. The normalized spacial score (nSPS) is 16.2. The minimum atomic E-state index is -0.413. The molecule has 2 aliphatic heterocycles. The van der Waals surface area contributed by atoms with Gasteiger partial charge in [-0.15, -0.1) is 0 Å². The fourth-order valence-electron chi connectivity index (χ4n) is 5.39. The van der Waals surface area contributed by atoms with Crippen molar-refractivity contribution in [3.05, 3.63) is 105 Å². The highest BCUT2D eigenvalue weighted by molar-refractivity contribution is 6.30. The first kappa shape index (κ1) is 27.5. The Labute approximate surface area is 244 Å². The number of ether oxygens (including phenoxy) is 2. The Morgan fingerprint density at radius 3 is 2.15 bits per heavy atom. The maximum atomic E-state index is 13.8. The molecule has 0 spiro atoms. The lowest BCUT2D eigenvalue weighted by Crippen LogP contribution is -2.36. The number of fused-ring (bicyclic) bond motifs is 1. The van der Waals surface area contributed by atoms with Crippen LogP contribution in [-0.4, -0.2) is 68.0 Å². The summed E-state index contributed by atoms with van der Waals surface area (Å²) in [7, 11) is 0. The molecular weight excluding hydrogens is 540 g/mol. The number of aromatic nitrogens is 1. The van der Waals surface area contributed by atoms with Gasteiger partial charge in [-0.3, -0.25) is 14.5 Å². The molecule has 0 saturated carbocycles. The number of morpholine rings is 2. The summed E-state index contributed by atoms with van der Waals surface area (Å²) in [6.07, 6.45) is 1.66. The number of rotatable bonds is 7. The highest BCUT2D eigenvalue weighted by Gasteiger charge is 2.19. The number of hydrogen-bond acceptors (Lipinski definition) is 6. The molecule has 6 rings (SSSR count). The van der Waals surface area contributed by atoms with Crippen molar-refractivity contribution in [1.82, 2.24) is 14.8 Å². The standard InChI is InChI=1S/C32H33ClN4O4/c33-25-4-1-23(2-5-25)20-34-32(39)29-22-37(27-8-6-26(7-9-27)36-13-17-41-18-14-36)30-10-3-24(19-28(30)31(29)38)21-35-11-15-40-16-12-35/h1-10,19,22H,11-18,20-21H2,(H,34,39). The van der Waals surface area contributed by atoms with E-state index < -0.39 is 5.91 Å². The summed E-state index contributed by atoms with van der Waals surface area (Å²) >= 11 is 6.00. The zero-order chi connectivity index (χ0) is 28.2. The van der Waals surface area contributed by atoms with Gasteiger partial charge < -0.3 is 24.3 Å². The topological polar surface area (TPSA) is 76.0 Å². The summed E-state index contributed by atoms with van der Waals surface area (Å²) in [6, 6.07) is 21.5. The van der Waals surface area contributed by atoms with E-state index in [2.05, 4.69) is 33.3 Å². The summed E-state index contributed by atoms with van der Waals surface area (Å²) in [5.41, 5.74) is 4.51. The Hall–Kier alpha value is -3.69. The van der Waals surface area contributed by atoms with Crippen molar-refractivity contribution in [3.63, 3.8) is 0 Å². The number of carbonyl (C=O) groups is 1. The van der Waals surface area contributed by atoms with Crippen molar-refractivity contribution in [3.8, 4) is 5.69 Å². The number of carbonyl (C=O) groups excluding carboxylic acids is 1. The van der Waals surface area contributed by atoms with Crippen molar-refractivity contribution < 1.29 is 14.3 Å². The number of amides is 1. The molecule has 0 radical (unpaired) electrons. The summed E-state index contributed by atoms with van der Waals surface area (Å²) in [4.78, 5) is 31.8. The van der Waals surface area contributed by atoms with Gasteiger partial charge in [0.15, 0.2) is 0 Å². The first-order valence-electron chi connectivity index (χ1n) is 14.0. The molecule has 9 heteroatoms. The Morgan fingerprint density at radius 1 is 0.805 bits per heavy atom. The number of hydrogen-bond donors (Lipinski definition) is 1. The molecule has 0 aliphatic carbocycles. The molecule has 2 fully saturated rings. The van der Waals surface area contributed by atoms with Crippen LogP contribution in [-0.2, 0) is 22.6 Å². The average molecular weight is 573 g/mol. The second-order valence-corrected chi connectivity index (χ2v) is 10.8. The molecule has 4 aromatic rings. The maximum absolute atomic E-state index is 13.8. The van der Waals surface area contributed by atoms with Crippen LogP contribution in [0.1, 0.15) is 21.5 Å². The molecule has 0 bridgehead atoms. The van der Waals surface area contributed by atoms with Gasteiger partial charge in [-0.1, -0.05) is 29.8 Å². The molecule has 1 N–H and O–H groups in total. The fraction of sp³-hybridized carbons (Fsp3) is 0.312. The van der Waals surface area contributed by atoms with Gasteiger partial charge in [-0.05, 0) is 59.7 Å². The third kappa shape index (κ3) is 6.31. The SMILES string of the molecule is O=C(NCc1ccc(Cl)cc1)c1cn(-c2ccc(N3CCOCC3)cc2)c2ccc(CN3CCOCC3)cc2c1=O. The first-order valence-corrected chi connectivity index (χ1v) is 14.4. The lowest BCUT2D eigenvalue weighted by molar-refractivity contribution is 0.0342. The monoisotopic (exact) mass is 572 g/mol. The van der Waals surface area contributed by atoms with Gasteiger partial charge in [0.25, 0.3) is 5.91 Å². The Morgan fingerprint density at radius 2 is 1.44 bits per heavy atom. The summed E-state index contributed by atoms with van der Waals surface area (Å²) in [5.74, 6) is -0.413. The lowest BCUT2D eigenvalue weighted by atomic mass is 10.1. The number of halogens is 1. The van der Waals surface area contributed by atoms with Crippen LogP contribution in [0.3, 0.4) is 0 Å². The van der Waals surface area contributed by atoms with E-state index in [1.807, 2.05) is 41.0 Å². The molecule has 1 amide bonds. The zero-order valence-corrected chi connectivity index (χ0v) is 23.6. The minimum Gasteiger partial charge on any atom is -0.379 e. The third-order valence-electron chi connectivity index (χ3n) is 7.69. The lowest BCUT2D eigenvalue weighted by Gasteiger charge is -2.29. The van der Waals surface area contributed by atoms with Gasteiger partial charge >= 0.3 is 0 Å². The van der Waals surface area contributed by atoms with Crippen molar-refractivity contribution in [2.45, 2.75) is 13.1 Å². The molecule has 3 heterocycles. The fourth-order valence-corrected chi connectivity index (χ4v) is 5.52. The molecule has 8 nitrogen and oxygen atoms in total. The molecule has 212 valence electrons. The second-order valence-electron chi connectivity index (χ2n) is 10.4. The minimum absolute atomic E-state index is 0.104. The largest absolute Gasteiger partial charge is 0.379 e. The van der Waals surface area contributed by atoms with Crippen LogP contribution in [0.15, 0.2) is 77.7 Å². The number of pyridine rings is 1. The zero-order valence-electron chi connectivity index (χ0n) is 22.9. The van der Waals surface area contributed by atoms with Crippen LogP contribution in [0.25, 0.3) is 16.6 Å². The van der Waals surface area contributed by atoms with E-state index in [0.717, 1.165) is 60.7 Å². The van der Waals surface area contributed by atoms with E-state index in [-0.39, 0.29) is 11.0 Å². The molecule has 0 unspecified atom stereocenters. The van der Waals surface area contributed by atoms with E-state index >= 15 is 0 Å². The van der Waals surface area contributed by atoms with E-state index in [9.17, 15) is 9.59 Å². The van der Waals surface area contributed by atoms with Crippen LogP contribution in [0.2, 0.25) is 5.02 Å². The maximum Gasteiger partial charge on any atom is 0.257 e. The first-order chi connectivity index (χ1) is 20.0. The van der Waals surface area contributed by atoms with Gasteiger partial charge in [0, 0.05) is 67.2 Å². The van der Waals surface area contributed by atoms with E-state index in [4.69, 9.17) is 21.1 Å². The van der Waals surface area contributed by atoms with Crippen LogP contribution in [0, 0.1) is 0 Å². The van der Waals surface area contributed by atoms with E-state index in [1.54, 1.807) is 18.3 Å². The van der Waals surface area contributed by atoms with Crippen molar-refractivity contribution in [2.75, 3.05) is 57.5 Å².